The first kappa shape index (κ1) is 17.5. The highest BCUT2D eigenvalue weighted by molar-refractivity contribution is 6.21. The van der Waals surface area contributed by atoms with Crippen molar-refractivity contribution in [3.05, 3.63) is 54.1 Å². The van der Waals surface area contributed by atoms with E-state index in [0.29, 0.717) is 28.6 Å². The first-order valence-corrected chi connectivity index (χ1v) is 8.63. The van der Waals surface area contributed by atoms with Crippen molar-refractivity contribution in [2.75, 3.05) is 17.3 Å². The molecule has 0 bridgehead atoms. The molecular weight excluding hydrogens is 360 g/mol. The van der Waals surface area contributed by atoms with Crippen LogP contribution in [0.15, 0.2) is 48.5 Å². The van der Waals surface area contributed by atoms with E-state index in [4.69, 9.17) is 10.5 Å². The summed E-state index contributed by atoms with van der Waals surface area (Å²) in [4.78, 5) is 32.6. The van der Waals surface area contributed by atoms with Crippen molar-refractivity contribution in [2.24, 2.45) is 5.73 Å². The summed E-state index contributed by atoms with van der Waals surface area (Å²) >= 11 is 0. The number of amides is 2. The Labute approximate surface area is 160 Å². The quantitative estimate of drug-likeness (QED) is 0.386. The fraction of sp³-hybridized carbons (Fsp3) is 0.158. The summed E-state index contributed by atoms with van der Waals surface area (Å²) in [6.07, 6.45) is 0. The third-order valence-electron chi connectivity index (χ3n) is 4.65. The number of nitrogens with two attached hydrogens (primary N) is 1. The number of fused-ring (bicyclic) bond motifs is 2. The van der Waals surface area contributed by atoms with Gasteiger partial charge < -0.3 is 4.74 Å². The minimum atomic E-state index is -1.41. The molecule has 2 amide bonds. The standard InChI is InChI=1S/C19H18N6O3/c1-11(26)25-14-9-5-3-7-12(14)19(16(25)27)23-17(20)22-18(24-19)21-13-8-4-6-10-15(13)28-2/h3-10H,1-2H3,(H4,20,21,22,23,24)/p+2/t19-/m0/s1. The molecule has 142 valence electrons. The predicted octanol–water partition coefficient (Wildman–Crippen LogP) is -2.71. The number of carbonyl (C=O) groups is 2. The second-order valence-corrected chi connectivity index (χ2v) is 6.42. The molecule has 2 aliphatic rings. The monoisotopic (exact) mass is 380 g/mol. The summed E-state index contributed by atoms with van der Waals surface area (Å²) in [5.74, 6) is 0.298. The van der Waals surface area contributed by atoms with E-state index in [1.54, 1.807) is 37.4 Å². The second-order valence-electron chi connectivity index (χ2n) is 6.42. The van der Waals surface area contributed by atoms with Crippen molar-refractivity contribution in [1.29, 1.82) is 0 Å². The molecule has 0 fully saturated rings. The summed E-state index contributed by atoms with van der Waals surface area (Å²) < 4.78 is 5.35. The molecule has 2 aliphatic heterocycles. The van der Waals surface area contributed by atoms with Crippen LogP contribution in [-0.4, -0.2) is 30.8 Å². The van der Waals surface area contributed by atoms with Gasteiger partial charge in [-0.15, -0.1) is 0 Å². The highest BCUT2D eigenvalue weighted by Gasteiger charge is 2.57. The number of hydrogen-bond donors (Lipinski definition) is 5. The maximum Gasteiger partial charge on any atom is 0.361 e. The molecule has 6 N–H and O–H groups in total. The van der Waals surface area contributed by atoms with E-state index in [9.17, 15) is 9.59 Å². The van der Waals surface area contributed by atoms with Crippen LogP contribution >= 0.6 is 0 Å². The third kappa shape index (κ3) is 2.56. The Morgan fingerprint density at radius 2 is 1.89 bits per heavy atom. The van der Waals surface area contributed by atoms with Crippen LogP contribution in [0.1, 0.15) is 12.5 Å². The molecule has 9 heteroatoms. The molecule has 9 nitrogen and oxygen atoms in total. The Balaban J connectivity index is 1.83. The third-order valence-corrected chi connectivity index (χ3v) is 4.65. The summed E-state index contributed by atoms with van der Waals surface area (Å²) in [6.45, 7) is 1.35. The Kier molecular flexibility index (Phi) is 3.99. The second kappa shape index (κ2) is 6.38. The number of imide groups is 1. The van der Waals surface area contributed by atoms with E-state index in [1.165, 1.54) is 6.92 Å². The number of anilines is 2. The van der Waals surface area contributed by atoms with Gasteiger partial charge in [-0.1, -0.05) is 24.3 Å². The van der Waals surface area contributed by atoms with Gasteiger partial charge in [-0.25, -0.2) is 20.2 Å². The lowest BCUT2D eigenvalue weighted by Crippen LogP contribution is -3.14. The Hall–Kier alpha value is -3.88. The number of methoxy groups -OCH3 is 1. The van der Waals surface area contributed by atoms with Gasteiger partial charge in [-0.3, -0.25) is 15.3 Å². The lowest BCUT2D eigenvalue weighted by atomic mass is 10.0. The molecule has 0 radical (unpaired) electrons. The maximum absolute atomic E-state index is 13.3. The van der Waals surface area contributed by atoms with Gasteiger partial charge in [-0.2, -0.15) is 5.32 Å². The number of ether oxygens (including phenoxy) is 1. The number of rotatable bonds is 2. The van der Waals surface area contributed by atoms with Crippen molar-refractivity contribution >= 4 is 35.1 Å². The molecule has 2 aromatic carbocycles. The minimum absolute atomic E-state index is 0.157. The predicted molar refractivity (Wildman–Crippen MR) is 102 cm³/mol. The maximum atomic E-state index is 13.3. The van der Waals surface area contributed by atoms with Gasteiger partial charge in [0.05, 0.1) is 18.4 Å². The molecule has 2 aromatic rings. The number of nitrogens with zero attached hydrogens (tertiary/aromatic N) is 1. The van der Waals surface area contributed by atoms with Crippen molar-refractivity contribution < 1.29 is 24.3 Å². The van der Waals surface area contributed by atoms with Gasteiger partial charge in [0.1, 0.15) is 5.69 Å². The largest absolute Gasteiger partial charge is 0.493 e. The zero-order valence-corrected chi connectivity index (χ0v) is 15.4. The van der Waals surface area contributed by atoms with Gasteiger partial charge in [0.2, 0.25) is 5.91 Å². The molecule has 2 heterocycles. The van der Waals surface area contributed by atoms with E-state index in [2.05, 4.69) is 20.6 Å². The molecule has 28 heavy (non-hydrogen) atoms. The van der Waals surface area contributed by atoms with Crippen LogP contribution in [-0.2, 0) is 15.3 Å². The molecule has 1 atom stereocenters. The van der Waals surface area contributed by atoms with E-state index >= 15 is 0 Å². The normalized spacial score (nSPS) is 20.2. The fourth-order valence-corrected chi connectivity index (χ4v) is 3.50. The smallest absolute Gasteiger partial charge is 0.361 e. The van der Waals surface area contributed by atoms with Crippen LogP contribution in [0.3, 0.4) is 0 Å². The first-order valence-electron chi connectivity index (χ1n) is 8.63. The number of hydrogen-bond acceptors (Lipinski definition) is 6. The summed E-state index contributed by atoms with van der Waals surface area (Å²) in [6, 6.07) is 14.4. The van der Waals surface area contributed by atoms with Crippen molar-refractivity contribution in [3.63, 3.8) is 0 Å². The van der Waals surface area contributed by atoms with Gasteiger partial charge in [-0.05, 0) is 24.3 Å². The van der Waals surface area contributed by atoms with Crippen LogP contribution in [0.4, 0.5) is 11.4 Å². The zero-order chi connectivity index (χ0) is 19.9. The Morgan fingerprint density at radius 3 is 2.64 bits per heavy atom. The molecule has 0 unspecified atom stereocenters. The van der Waals surface area contributed by atoms with Crippen LogP contribution in [0.25, 0.3) is 0 Å². The van der Waals surface area contributed by atoms with E-state index < -0.39 is 11.6 Å². The van der Waals surface area contributed by atoms with Crippen molar-refractivity contribution in [1.82, 2.24) is 5.32 Å². The Morgan fingerprint density at radius 1 is 1.18 bits per heavy atom. The van der Waals surface area contributed by atoms with E-state index in [0.717, 1.165) is 4.90 Å². The molecule has 0 saturated heterocycles. The van der Waals surface area contributed by atoms with Crippen LogP contribution in [0.5, 0.6) is 5.75 Å². The Bertz CT molecular complexity index is 1050. The SMILES string of the molecule is COc1ccccc1NC1=[NH+][C@]2([NH+]=C(N)N1)C(=O)N(C(C)=O)c1ccccc12. The number of carbonyl (C=O) groups excluding carboxylic acids is 2. The fourth-order valence-electron chi connectivity index (χ4n) is 3.50. The number of guanidine groups is 2. The highest BCUT2D eigenvalue weighted by atomic mass is 16.5. The lowest BCUT2D eigenvalue weighted by molar-refractivity contribution is -0.789. The van der Waals surface area contributed by atoms with Crippen molar-refractivity contribution in [3.8, 4) is 5.75 Å². The topological polar surface area (TPSA) is 125 Å². The van der Waals surface area contributed by atoms with Crippen LogP contribution in [0, 0.1) is 0 Å². The average Bonchev–Trinajstić information content (AvgIpc) is 2.90. The summed E-state index contributed by atoms with van der Waals surface area (Å²) in [5, 5.41) is 6.08. The van der Waals surface area contributed by atoms with Gasteiger partial charge in [0, 0.05) is 6.92 Å². The number of nitrogens with one attached hydrogen (secondary N) is 4. The molecule has 0 saturated carbocycles. The summed E-state index contributed by atoms with van der Waals surface area (Å²) in [5.41, 5.74) is 6.41. The summed E-state index contributed by atoms with van der Waals surface area (Å²) in [7, 11) is 1.57. The minimum Gasteiger partial charge on any atom is -0.493 e. The molecule has 4 rings (SSSR count). The van der Waals surface area contributed by atoms with Gasteiger partial charge in [0.25, 0.3) is 0 Å². The van der Waals surface area contributed by atoms with Crippen molar-refractivity contribution in [2.45, 2.75) is 12.6 Å². The first-order chi connectivity index (χ1) is 13.5. The average molecular weight is 380 g/mol. The van der Waals surface area contributed by atoms with Gasteiger partial charge >= 0.3 is 23.5 Å². The molecule has 0 aliphatic carbocycles. The zero-order valence-electron chi connectivity index (χ0n) is 15.4. The van der Waals surface area contributed by atoms with Gasteiger partial charge in [0.15, 0.2) is 5.75 Å². The molecular formula is C19H20N6O3+2. The van der Waals surface area contributed by atoms with Crippen LogP contribution in [0.2, 0.25) is 0 Å². The lowest BCUT2D eigenvalue weighted by Gasteiger charge is -2.22. The number of benzene rings is 2. The highest BCUT2D eigenvalue weighted by Crippen LogP contribution is 2.34. The van der Waals surface area contributed by atoms with E-state index in [-0.39, 0.29) is 11.9 Å². The van der Waals surface area contributed by atoms with Crippen LogP contribution < -0.4 is 36.0 Å². The van der Waals surface area contributed by atoms with E-state index in [1.807, 2.05) is 18.2 Å². The molecule has 1 spiro atoms. The number of para-hydroxylation sites is 3. The molecule has 0 aromatic heterocycles.